The highest BCUT2D eigenvalue weighted by Gasteiger charge is 2.19. The summed E-state index contributed by atoms with van der Waals surface area (Å²) < 4.78 is 5.39. The molecule has 1 aromatic rings. The molecule has 1 aromatic carbocycles. The first-order chi connectivity index (χ1) is 7.29. The number of morpholine rings is 1. The van der Waals surface area contributed by atoms with Crippen LogP contribution in [-0.4, -0.2) is 37.5 Å². The fourth-order valence-electron chi connectivity index (χ4n) is 1.79. The van der Waals surface area contributed by atoms with E-state index in [0.29, 0.717) is 6.61 Å². The van der Waals surface area contributed by atoms with Crippen LogP contribution < -0.4 is 10.6 Å². The van der Waals surface area contributed by atoms with Crippen molar-refractivity contribution in [1.82, 2.24) is 0 Å². The predicted molar refractivity (Wildman–Crippen MR) is 59.9 cm³/mol. The third-order valence-corrected chi connectivity index (χ3v) is 2.58. The topological polar surface area (TPSA) is 58.7 Å². The highest BCUT2D eigenvalue weighted by atomic mass is 16.5. The van der Waals surface area contributed by atoms with Gasteiger partial charge in [-0.15, -0.1) is 0 Å². The van der Waals surface area contributed by atoms with E-state index >= 15 is 0 Å². The van der Waals surface area contributed by atoms with Gasteiger partial charge in [0.15, 0.2) is 0 Å². The fourth-order valence-corrected chi connectivity index (χ4v) is 1.79. The third kappa shape index (κ3) is 2.40. The second kappa shape index (κ2) is 4.51. The van der Waals surface area contributed by atoms with Crippen LogP contribution in [0.15, 0.2) is 24.3 Å². The van der Waals surface area contributed by atoms with Gasteiger partial charge in [0.2, 0.25) is 0 Å². The van der Waals surface area contributed by atoms with E-state index in [-0.39, 0.29) is 12.7 Å². The van der Waals surface area contributed by atoms with Crippen molar-refractivity contribution >= 4 is 11.4 Å². The van der Waals surface area contributed by atoms with Gasteiger partial charge >= 0.3 is 0 Å². The maximum atomic E-state index is 9.03. The number of nitrogen functional groups attached to an aromatic ring is 1. The summed E-state index contributed by atoms with van der Waals surface area (Å²) in [6.07, 6.45) is -0.0832. The Morgan fingerprint density at radius 1 is 1.53 bits per heavy atom. The summed E-state index contributed by atoms with van der Waals surface area (Å²) in [4.78, 5) is 2.18. The summed E-state index contributed by atoms with van der Waals surface area (Å²) in [5.74, 6) is 0. The summed E-state index contributed by atoms with van der Waals surface area (Å²) in [6, 6.07) is 7.78. The Bertz CT molecular complexity index is 330. The summed E-state index contributed by atoms with van der Waals surface area (Å²) in [7, 11) is 0. The molecule has 0 spiro atoms. The molecular weight excluding hydrogens is 192 g/mol. The highest BCUT2D eigenvalue weighted by molar-refractivity contribution is 5.56. The molecule has 4 nitrogen and oxygen atoms in total. The van der Waals surface area contributed by atoms with E-state index in [0.717, 1.165) is 24.5 Å². The van der Waals surface area contributed by atoms with Gasteiger partial charge in [0.05, 0.1) is 19.3 Å². The molecule has 0 saturated carbocycles. The predicted octanol–water partition coefficient (Wildman–Crippen LogP) is 0.466. The van der Waals surface area contributed by atoms with Gasteiger partial charge in [0.25, 0.3) is 0 Å². The number of ether oxygens (including phenoxy) is 1. The number of nitrogens with two attached hydrogens (primary N) is 1. The second-order valence-corrected chi connectivity index (χ2v) is 3.72. The Morgan fingerprint density at radius 3 is 3.13 bits per heavy atom. The first kappa shape index (κ1) is 10.3. The molecule has 3 N–H and O–H groups in total. The van der Waals surface area contributed by atoms with Crippen molar-refractivity contribution in [2.75, 3.05) is 36.9 Å². The number of aliphatic hydroxyl groups excluding tert-OH is 1. The van der Waals surface area contributed by atoms with E-state index in [1.54, 1.807) is 0 Å². The number of benzene rings is 1. The largest absolute Gasteiger partial charge is 0.399 e. The molecule has 0 bridgehead atoms. The molecule has 82 valence electrons. The summed E-state index contributed by atoms with van der Waals surface area (Å²) in [5, 5.41) is 9.03. The molecule has 1 saturated heterocycles. The molecule has 15 heavy (non-hydrogen) atoms. The first-order valence-electron chi connectivity index (χ1n) is 5.12. The zero-order valence-corrected chi connectivity index (χ0v) is 8.60. The molecule has 0 amide bonds. The van der Waals surface area contributed by atoms with Crippen LogP contribution in [0, 0.1) is 0 Å². The van der Waals surface area contributed by atoms with E-state index in [2.05, 4.69) is 4.90 Å². The van der Waals surface area contributed by atoms with Crippen molar-refractivity contribution in [3.05, 3.63) is 24.3 Å². The zero-order chi connectivity index (χ0) is 10.7. The molecule has 0 aromatic heterocycles. The van der Waals surface area contributed by atoms with Gasteiger partial charge < -0.3 is 20.5 Å². The molecule has 0 radical (unpaired) electrons. The monoisotopic (exact) mass is 208 g/mol. The molecule has 1 aliphatic heterocycles. The molecule has 0 aliphatic carbocycles. The molecule has 1 fully saturated rings. The Labute approximate surface area is 89.3 Å². The van der Waals surface area contributed by atoms with E-state index < -0.39 is 0 Å². The van der Waals surface area contributed by atoms with Crippen LogP contribution in [0.5, 0.6) is 0 Å². The lowest BCUT2D eigenvalue weighted by molar-refractivity contribution is 0.00357. The smallest absolute Gasteiger partial charge is 0.0980 e. The van der Waals surface area contributed by atoms with Crippen molar-refractivity contribution in [3.63, 3.8) is 0 Å². The normalized spacial score (nSPS) is 21.7. The van der Waals surface area contributed by atoms with E-state index in [1.807, 2.05) is 24.3 Å². The van der Waals surface area contributed by atoms with Crippen LogP contribution >= 0.6 is 0 Å². The van der Waals surface area contributed by atoms with E-state index in [4.69, 9.17) is 15.6 Å². The summed E-state index contributed by atoms with van der Waals surface area (Å²) in [6.45, 7) is 2.29. The molecular formula is C11H16N2O2. The number of hydrogen-bond donors (Lipinski definition) is 2. The Morgan fingerprint density at radius 2 is 2.40 bits per heavy atom. The van der Waals surface area contributed by atoms with Crippen molar-refractivity contribution in [2.45, 2.75) is 6.10 Å². The van der Waals surface area contributed by atoms with Crippen molar-refractivity contribution in [2.24, 2.45) is 0 Å². The molecule has 1 aliphatic rings. The van der Waals surface area contributed by atoms with Crippen LogP contribution in [0.1, 0.15) is 0 Å². The van der Waals surface area contributed by atoms with Crippen LogP contribution in [0.25, 0.3) is 0 Å². The second-order valence-electron chi connectivity index (χ2n) is 3.72. The summed E-state index contributed by atoms with van der Waals surface area (Å²) >= 11 is 0. The zero-order valence-electron chi connectivity index (χ0n) is 8.60. The quantitative estimate of drug-likeness (QED) is 0.693. The number of nitrogens with zero attached hydrogens (tertiary/aromatic N) is 1. The van der Waals surface area contributed by atoms with Crippen molar-refractivity contribution in [3.8, 4) is 0 Å². The third-order valence-electron chi connectivity index (χ3n) is 2.58. The van der Waals surface area contributed by atoms with Gasteiger partial charge in [-0.2, -0.15) is 0 Å². The van der Waals surface area contributed by atoms with Crippen LogP contribution in [-0.2, 0) is 4.74 Å². The average molecular weight is 208 g/mol. The van der Waals surface area contributed by atoms with Gasteiger partial charge in [-0.3, -0.25) is 0 Å². The summed E-state index contributed by atoms with van der Waals surface area (Å²) in [5.41, 5.74) is 7.58. The number of anilines is 2. The molecule has 1 heterocycles. The van der Waals surface area contributed by atoms with Gasteiger partial charge in [-0.1, -0.05) is 6.07 Å². The van der Waals surface area contributed by atoms with Crippen LogP contribution in [0.3, 0.4) is 0 Å². The molecule has 1 unspecified atom stereocenters. The SMILES string of the molecule is Nc1cccc(N2CCOC(CO)C2)c1. The lowest BCUT2D eigenvalue weighted by atomic mass is 10.2. The molecule has 2 rings (SSSR count). The Kier molecular flexibility index (Phi) is 3.08. The maximum Gasteiger partial charge on any atom is 0.0980 e. The average Bonchev–Trinajstić information content (AvgIpc) is 2.29. The van der Waals surface area contributed by atoms with Gasteiger partial charge in [-0.05, 0) is 18.2 Å². The number of aliphatic hydroxyl groups is 1. The minimum Gasteiger partial charge on any atom is -0.399 e. The lowest BCUT2D eigenvalue weighted by Crippen LogP contribution is -2.44. The molecule has 1 atom stereocenters. The lowest BCUT2D eigenvalue weighted by Gasteiger charge is -2.33. The number of rotatable bonds is 2. The van der Waals surface area contributed by atoms with Crippen LogP contribution in [0.2, 0.25) is 0 Å². The standard InChI is InChI=1S/C11H16N2O2/c12-9-2-1-3-10(6-9)13-4-5-15-11(7-13)8-14/h1-3,6,11,14H,4-5,7-8,12H2. The number of hydrogen-bond acceptors (Lipinski definition) is 4. The maximum absolute atomic E-state index is 9.03. The van der Waals surface area contributed by atoms with Crippen molar-refractivity contribution in [1.29, 1.82) is 0 Å². The van der Waals surface area contributed by atoms with Gasteiger partial charge in [0, 0.05) is 24.5 Å². The van der Waals surface area contributed by atoms with Crippen LogP contribution in [0.4, 0.5) is 11.4 Å². The highest BCUT2D eigenvalue weighted by Crippen LogP contribution is 2.19. The van der Waals surface area contributed by atoms with Crippen molar-refractivity contribution < 1.29 is 9.84 Å². The van der Waals surface area contributed by atoms with E-state index in [1.165, 1.54) is 0 Å². The minimum atomic E-state index is -0.0832. The van der Waals surface area contributed by atoms with Gasteiger partial charge in [-0.25, -0.2) is 0 Å². The fraction of sp³-hybridized carbons (Fsp3) is 0.455. The van der Waals surface area contributed by atoms with Gasteiger partial charge in [0.1, 0.15) is 0 Å². The molecule has 4 heteroatoms. The Balaban J connectivity index is 2.09. The first-order valence-corrected chi connectivity index (χ1v) is 5.12. The Hall–Kier alpha value is -1.26. The van der Waals surface area contributed by atoms with E-state index in [9.17, 15) is 0 Å². The minimum absolute atomic E-state index is 0.0683.